The minimum Gasteiger partial charge on any atom is -0.468 e. The number of esters is 1. The summed E-state index contributed by atoms with van der Waals surface area (Å²) in [5.74, 6) is -0.228. The van der Waals surface area contributed by atoms with Crippen molar-refractivity contribution in [3.63, 3.8) is 0 Å². The van der Waals surface area contributed by atoms with Gasteiger partial charge in [0.2, 0.25) is 0 Å². The van der Waals surface area contributed by atoms with Crippen LogP contribution in [0.15, 0.2) is 30.6 Å². The van der Waals surface area contributed by atoms with Gasteiger partial charge >= 0.3 is 5.97 Å². The van der Waals surface area contributed by atoms with Gasteiger partial charge < -0.3 is 10.1 Å². The molecular formula is C13H17N3O2. The minimum atomic E-state index is -0.270. The molecule has 0 fully saturated rings. The minimum absolute atomic E-state index is 0.228. The molecule has 0 spiro atoms. The highest BCUT2D eigenvalue weighted by Crippen LogP contribution is 2.10. The van der Waals surface area contributed by atoms with Crippen LogP contribution < -0.4 is 5.32 Å². The molecule has 0 saturated carbocycles. The molecule has 0 amide bonds. The van der Waals surface area contributed by atoms with E-state index >= 15 is 0 Å². The molecule has 2 rings (SSSR count). The van der Waals surface area contributed by atoms with Crippen molar-refractivity contribution in [2.75, 3.05) is 7.11 Å². The van der Waals surface area contributed by atoms with Crippen LogP contribution in [0.5, 0.6) is 0 Å². The highest BCUT2D eigenvalue weighted by Gasteiger charge is 2.16. The van der Waals surface area contributed by atoms with Crippen molar-refractivity contribution in [1.82, 2.24) is 14.9 Å². The van der Waals surface area contributed by atoms with E-state index in [-0.39, 0.29) is 12.0 Å². The Morgan fingerprint density at radius 3 is 3.11 bits per heavy atom. The molecule has 2 heterocycles. The van der Waals surface area contributed by atoms with Gasteiger partial charge in [-0.3, -0.25) is 4.79 Å². The second-order valence-corrected chi connectivity index (χ2v) is 4.07. The Bertz CT molecular complexity index is 536. The predicted octanol–water partition coefficient (Wildman–Crippen LogP) is 1.38. The molecule has 2 aromatic heterocycles. The van der Waals surface area contributed by atoms with E-state index in [1.54, 1.807) is 0 Å². The number of hydrogen-bond donors (Lipinski definition) is 1. The molecule has 96 valence electrons. The number of fused-ring (bicyclic) bond motifs is 1. The first-order valence-corrected chi connectivity index (χ1v) is 5.98. The molecule has 1 N–H and O–H groups in total. The van der Waals surface area contributed by atoms with Crippen LogP contribution in [0.3, 0.4) is 0 Å². The van der Waals surface area contributed by atoms with Crippen molar-refractivity contribution in [2.45, 2.75) is 25.9 Å². The summed E-state index contributed by atoms with van der Waals surface area (Å²) >= 11 is 0. The van der Waals surface area contributed by atoms with Crippen LogP contribution in [0.25, 0.3) is 5.52 Å². The fraction of sp³-hybridized carbons (Fsp3) is 0.385. The summed E-state index contributed by atoms with van der Waals surface area (Å²) in [6.45, 7) is 2.55. The Kier molecular flexibility index (Phi) is 3.94. The lowest BCUT2D eigenvalue weighted by atomic mass is 10.2. The van der Waals surface area contributed by atoms with Gasteiger partial charge in [0.05, 0.1) is 18.8 Å². The second kappa shape index (κ2) is 5.64. The lowest BCUT2D eigenvalue weighted by Crippen LogP contribution is -2.36. The first-order chi connectivity index (χ1) is 8.76. The Balaban J connectivity index is 2.07. The predicted molar refractivity (Wildman–Crippen MR) is 68.1 cm³/mol. The average Bonchev–Trinajstić information content (AvgIpc) is 2.82. The van der Waals surface area contributed by atoms with Gasteiger partial charge in [0.15, 0.2) is 0 Å². The van der Waals surface area contributed by atoms with E-state index in [0.717, 1.165) is 11.1 Å². The zero-order valence-electron chi connectivity index (χ0n) is 10.6. The van der Waals surface area contributed by atoms with E-state index in [9.17, 15) is 4.79 Å². The Morgan fingerprint density at radius 2 is 2.39 bits per heavy atom. The number of methoxy groups -OCH3 is 1. The number of aromatic nitrogens is 2. The van der Waals surface area contributed by atoms with Crippen LogP contribution in [0.1, 0.15) is 18.9 Å². The molecule has 0 aromatic carbocycles. The summed E-state index contributed by atoms with van der Waals surface area (Å²) in [6.07, 6.45) is 4.41. The van der Waals surface area contributed by atoms with E-state index in [2.05, 4.69) is 10.4 Å². The highest BCUT2D eigenvalue weighted by molar-refractivity contribution is 5.75. The summed E-state index contributed by atoms with van der Waals surface area (Å²) in [5, 5.41) is 7.43. The fourth-order valence-corrected chi connectivity index (χ4v) is 1.89. The van der Waals surface area contributed by atoms with Crippen LogP contribution in [0.2, 0.25) is 0 Å². The van der Waals surface area contributed by atoms with E-state index < -0.39 is 0 Å². The van der Waals surface area contributed by atoms with Gasteiger partial charge in [-0.2, -0.15) is 5.10 Å². The van der Waals surface area contributed by atoms with Crippen LogP contribution >= 0.6 is 0 Å². The maximum atomic E-state index is 11.5. The summed E-state index contributed by atoms with van der Waals surface area (Å²) in [4.78, 5) is 11.5. The SMILES string of the molecule is CCC(NCc1cnn2ccccc12)C(=O)OC. The van der Waals surface area contributed by atoms with Crippen molar-refractivity contribution in [2.24, 2.45) is 0 Å². The third-order valence-electron chi connectivity index (χ3n) is 2.94. The second-order valence-electron chi connectivity index (χ2n) is 4.07. The highest BCUT2D eigenvalue weighted by atomic mass is 16.5. The Labute approximate surface area is 106 Å². The van der Waals surface area contributed by atoms with E-state index in [1.807, 2.05) is 42.0 Å². The molecule has 18 heavy (non-hydrogen) atoms. The topological polar surface area (TPSA) is 55.6 Å². The monoisotopic (exact) mass is 247 g/mol. The van der Waals surface area contributed by atoms with Gasteiger partial charge in [-0.05, 0) is 18.6 Å². The number of nitrogens with one attached hydrogen (secondary N) is 1. The van der Waals surface area contributed by atoms with Crippen LogP contribution in [0.4, 0.5) is 0 Å². The number of carbonyl (C=O) groups is 1. The van der Waals surface area contributed by atoms with Crippen LogP contribution in [0, 0.1) is 0 Å². The summed E-state index contributed by atoms with van der Waals surface area (Å²) < 4.78 is 6.55. The normalized spacial score (nSPS) is 12.6. The molecule has 0 bridgehead atoms. The third kappa shape index (κ3) is 2.51. The van der Waals surface area contributed by atoms with Crippen LogP contribution in [-0.4, -0.2) is 28.7 Å². The summed E-state index contributed by atoms with van der Waals surface area (Å²) in [6, 6.07) is 5.63. The molecule has 0 aliphatic rings. The van der Waals surface area contributed by atoms with Gasteiger partial charge in [0.1, 0.15) is 6.04 Å². The number of nitrogens with zero attached hydrogens (tertiary/aromatic N) is 2. The number of ether oxygens (including phenoxy) is 1. The lowest BCUT2D eigenvalue weighted by molar-refractivity contribution is -0.143. The number of hydrogen-bond acceptors (Lipinski definition) is 4. The van der Waals surface area contributed by atoms with Crippen molar-refractivity contribution in [3.8, 4) is 0 Å². The third-order valence-corrected chi connectivity index (χ3v) is 2.94. The smallest absolute Gasteiger partial charge is 0.322 e. The molecular weight excluding hydrogens is 230 g/mol. The maximum Gasteiger partial charge on any atom is 0.322 e. The number of pyridine rings is 1. The van der Waals surface area contributed by atoms with Crippen molar-refractivity contribution in [1.29, 1.82) is 0 Å². The molecule has 2 aromatic rings. The average molecular weight is 247 g/mol. The van der Waals surface area contributed by atoms with Crippen molar-refractivity contribution < 1.29 is 9.53 Å². The molecule has 0 aliphatic heterocycles. The van der Waals surface area contributed by atoms with Crippen molar-refractivity contribution >= 4 is 11.5 Å². The summed E-state index contributed by atoms with van der Waals surface area (Å²) in [7, 11) is 1.40. The van der Waals surface area contributed by atoms with Crippen LogP contribution in [-0.2, 0) is 16.1 Å². The molecule has 0 saturated heterocycles. The molecule has 1 atom stereocenters. The van der Waals surface area contributed by atoms with E-state index in [1.165, 1.54) is 7.11 Å². The lowest BCUT2D eigenvalue weighted by Gasteiger charge is -2.13. The van der Waals surface area contributed by atoms with Gasteiger partial charge in [-0.25, -0.2) is 4.52 Å². The zero-order valence-corrected chi connectivity index (χ0v) is 10.6. The van der Waals surface area contributed by atoms with Gasteiger partial charge in [0, 0.05) is 18.3 Å². The molecule has 5 nitrogen and oxygen atoms in total. The fourth-order valence-electron chi connectivity index (χ4n) is 1.89. The van der Waals surface area contributed by atoms with Crippen molar-refractivity contribution in [3.05, 3.63) is 36.2 Å². The summed E-state index contributed by atoms with van der Waals surface area (Å²) in [5.41, 5.74) is 2.11. The van der Waals surface area contributed by atoms with Gasteiger partial charge in [0.25, 0.3) is 0 Å². The Morgan fingerprint density at radius 1 is 1.56 bits per heavy atom. The largest absolute Gasteiger partial charge is 0.468 e. The maximum absolute atomic E-state index is 11.5. The number of carbonyl (C=O) groups excluding carboxylic acids is 1. The molecule has 0 aliphatic carbocycles. The number of rotatable bonds is 5. The quantitative estimate of drug-likeness (QED) is 0.811. The standard InChI is InChI=1S/C13H17N3O2/c1-3-11(13(17)18-2)14-8-10-9-15-16-7-5-4-6-12(10)16/h4-7,9,11,14H,3,8H2,1-2H3. The zero-order chi connectivity index (χ0) is 13.0. The molecule has 0 radical (unpaired) electrons. The molecule has 1 unspecified atom stereocenters. The van der Waals surface area contributed by atoms with E-state index in [0.29, 0.717) is 13.0 Å². The first-order valence-electron chi connectivity index (χ1n) is 5.98. The Hall–Kier alpha value is -1.88. The molecule has 5 heteroatoms. The first kappa shape index (κ1) is 12.6. The van der Waals surface area contributed by atoms with Gasteiger partial charge in [-0.1, -0.05) is 13.0 Å². The van der Waals surface area contributed by atoms with E-state index in [4.69, 9.17) is 4.74 Å². The van der Waals surface area contributed by atoms with Gasteiger partial charge in [-0.15, -0.1) is 0 Å².